The lowest BCUT2D eigenvalue weighted by Crippen LogP contribution is -2.16. The molecular formula is C12H19NO2. The first kappa shape index (κ1) is 12.0. The van der Waals surface area contributed by atoms with Gasteiger partial charge in [0.05, 0.1) is 6.10 Å². The summed E-state index contributed by atoms with van der Waals surface area (Å²) in [5.74, 6) is 0.559. The third-order valence-corrected chi connectivity index (χ3v) is 2.41. The largest absolute Gasteiger partial charge is 0.508 e. The number of phenols is 1. The fraction of sp³-hybridized carbons (Fsp3) is 0.500. The molecule has 0 bridgehead atoms. The lowest BCUT2D eigenvalue weighted by atomic mass is 9.98. The van der Waals surface area contributed by atoms with Crippen molar-refractivity contribution in [2.45, 2.75) is 25.9 Å². The molecule has 0 aromatic heterocycles. The fourth-order valence-electron chi connectivity index (χ4n) is 1.50. The van der Waals surface area contributed by atoms with Crippen LogP contribution in [-0.4, -0.2) is 23.8 Å². The lowest BCUT2D eigenvalue weighted by molar-refractivity contribution is 0.177. The molecule has 1 aromatic carbocycles. The van der Waals surface area contributed by atoms with E-state index in [9.17, 15) is 10.2 Å². The van der Waals surface area contributed by atoms with E-state index in [1.165, 1.54) is 0 Å². The highest BCUT2D eigenvalue weighted by Crippen LogP contribution is 2.25. The first-order valence-electron chi connectivity index (χ1n) is 5.21. The number of hydrogen-bond acceptors (Lipinski definition) is 3. The van der Waals surface area contributed by atoms with Gasteiger partial charge in [0.15, 0.2) is 0 Å². The van der Waals surface area contributed by atoms with Crippen molar-refractivity contribution in [3.05, 3.63) is 29.3 Å². The monoisotopic (exact) mass is 209 g/mol. The zero-order valence-electron chi connectivity index (χ0n) is 9.49. The van der Waals surface area contributed by atoms with Crippen molar-refractivity contribution in [1.29, 1.82) is 0 Å². The van der Waals surface area contributed by atoms with Crippen LogP contribution in [0, 0.1) is 0 Å². The number of hydrogen-bond donors (Lipinski definition) is 3. The van der Waals surface area contributed by atoms with Gasteiger partial charge in [0, 0.05) is 6.54 Å². The summed E-state index contributed by atoms with van der Waals surface area (Å²) in [5.41, 5.74) is 1.80. The van der Waals surface area contributed by atoms with Crippen LogP contribution in [0.25, 0.3) is 0 Å². The molecule has 0 fully saturated rings. The van der Waals surface area contributed by atoms with Crippen molar-refractivity contribution in [1.82, 2.24) is 5.32 Å². The molecule has 1 rings (SSSR count). The molecule has 3 nitrogen and oxygen atoms in total. The smallest absolute Gasteiger partial charge is 0.116 e. The van der Waals surface area contributed by atoms with E-state index < -0.39 is 6.10 Å². The number of phenolic OH excluding ortho intramolecular Hbond substituents is 1. The molecule has 0 amide bonds. The third-order valence-electron chi connectivity index (χ3n) is 2.41. The van der Waals surface area contributed by atoms with Crippen molar-refractivity contribution < 1.29 is 10.2 Å². The predicted molar refractivity (Wildman–Crippen MR) is 61.1 cm³/mol. The Balaban J connectivity index is 2.98. The highest BCUT2D eigenvalue weighted by atomic mass is 16.3. The van der Waals surface area contributed by atoms with Gasteiger partial charge < -0.3 is 15.5 Å². The van der Waals surface area contributed by atoms with Gasteiger partial charge in [0.1, 0.15) is 5.75 Å². The number of aromatic hydroxyl groups is 1. The zero-order valence-corrected chi connectivity index (χ0v) is 9.49. The predicted octanol–water partition coefficient (Wildman–Crippen LogP) is 1.77. The number of benzene rings is 1. The maximum atomic E-state index is 9.78. The van der Waals surface area contributed by atoms with Crippen LogP contribution in [-0.2, 0) is 0 Å². The van der Waals surface area contributed by atoms with Crippen molar-refractivity contribution in [2.24, 2.45) is 0 Å². The van der Waals surface area contributed by atoms with Crippen molar-refractivity contribution in [3.8, 4) is 5.75 Å². The van der Waals surface area contributed by atoms with E-state index >= 15 is 0 Å². The minimum Gasteiger partial charge on any atom is -0.508 e. The second kappa shape index (κ2) is 5.14. The van der Waals surface area contributed by atoms with Gasteiger partial charge in [-0.3, -0.25) is 0 Å². The quantitative estimate of drug-likeness (QED) is 0.708. The summed E-state index contributed by atoms with van der Waals surface area (Å²) in [7, 11) is 1.79. The van der Waals surface area contributed by atoms with Gasteiger partial charge in [-0.05, 0) is 36.2 Å². The van der Waals surface area contributed by atoms with Crippen LogP contribution >= 0.6 is 0 Å². The van der Waals surface area contributed by atoms with Crippen LogP contribution in [0.2, 0.25) is 0 Å². The Morgan fingerprint density at radius 1 is 1.20 bits per heavy atom. The van der Waals surface area contributed by atoms with E-state index in [1.807, 2.05) is 6.07 Å². The maximum absolute atomic E-state index is 9.78. The molecule has 84 valence electrons. The highest BCUT2D eigenvalue weighted by molar-refractivity contribution is 5.36. The van der Waals surface area contributed by atoms with Gasteiger partial charge in [0.2, 0.25) is 0 Å². The lowest BCUT2D eigenvalue weighted by Gasteiger charge is -2.14. The highest BCUT2D eigenvalue weighted by Gasteiger charge is 2.10. The number of rotatable bonds is 4. The average Bonchev–Trinajstić information content (AvgIpc) is 2.17. The van der Waals surface area contributed by atoms with E-state index in [0.29, 0.717) is 12.5 Å². The summed E-state index contributed by atoms with van der Waals surface area (Å²) in [5, 5.41) is 22.2. The Hall–Kier alpha value is -1.06. The van der Waals surface area contributed by atoms with Crippen LogP contribution < -0.4 is 5.32 Å². The molecule has 1 aromatic rings. The molecule has 15 heavy (non-hydrogen) atoms. The Labute approximate surface area is 90.8 Å². The molecule has 3 heteroatoms. The van der Waals surface area contributed by atoms with Gasteiger partial charge in [-0.1, -0.05) is 19.9 Å². The van der Waals surface area contributed by atoms with E-state index in [1.54, 1.807) is 19.2 Å². The summed E-state index contributed by atoms with van der Waals surface area (Å²) in [6, 6.07) is 5.28. The molecule has 0 saturated carbocycles. The zero-order chi connectivity index (χ0) is 11.4. The Morgan fingerprint density at radius 3 is 2.33 bits per heavy atom. The van der Waals surface area contributed by atoms with Crippen LogP contribution in [0.4, 0.5) is 0 Å². The van der Waals surface area contributed by atoms with Gasteiger partial charge in [0.25, 0.3) is 0 Å². The van der Waals surface area contributed by atoms with Crippen molar-refractivity contribution in [2.75, 3.05) is 13.6 Å². The van der Waals surface area contributed by atoms with Crippen molar-refractivity contribution in [3.63, 3.8) is 0 Å². The van der Waals surface area contributed by atoms with E-state index in [0.717, 1.165) is 11.1 Å². The molecule has 0 aliphatic carbocycles. The second-order valence-electron chi connectivity index (χ2n) is 4.09. The number of likely N-dealkylation sites (N-methyl/N-ethyl adjacent to an activating group) is 1. The minimum absolute atomic E-state index is 0.214. The molecular weight excluding hydrogens is 190 g/mol. The van der Waals surface area contributed by atoms with Gasteiger partial charge >= 0.3 is 0 Å². The number of aliphatic hydroxyl groups is 1. The fourth-order valence-corrected chi connectivity index (χ4v) is 1.50. The summed E-state index contributed by atoms with van der Waals surface area (Å²) >= 11 is 0. The Morgan fingerprint density at radius 2 is 1.80 bits per heavy atom. The van der Waals surface area contributed by atoms with Crippen LogP contribution in [0.5, 0.6) is 5.75 Å². The molecule has 0 aliphatic rings. The molecule has 0 radical (unpaired) electrons. The topological polar surface area (TPSA) is 52.5 Å². The van der Waals surface area contributed by atoms with Crippen LogP contribution in [0.15, 0.2) is 18.2 Å². The summed E-state index contributed by atoms with van der Waals surface area (Å²) in [6.07, 6.45) is -0.570. The SMILES string of the molecule is CNCC(O)c1cc(O)cc(C(C)C)c1. The molecule has 0 heterocycles. The second-order valence-corrected chi connectivity index (χ2v) is 4.09. The van der Waals surface area contributed by atoms with Gasteiger partial charge in [-0.15, -0.1) is 0 Å². The summed E-state index contributed by atoms with van der Waals surface area (Å²) in [4.78, 5) is 0. The first-order valence-corrected chi connectivity index (χ1v) is 5.21. The molecule has 0 saturated heterocycles. The average molecular weight is 209 g/mol. The maximum Gasteiger partial charge on any atom is 0.116 e. The number of aliphatic hydroxyl groups excluding tert-OH is 1. The third kappa shape index (κ3) is 3.22. The van der Waals surface area contributed by atoms with Crippen LogP contribution in [0.3, 0.4) is 0 Å². The molecule has 1 atom stereocenters. The standard InChI is InChI=1S/C12H19NO2/c1-8(2)9-4-10(6-11(14)5-9)12(15)7-13-3/h4-6,8,12-15H,7H2,1-3H3. The van der Waals surface area contributed by atoms with Crippen LogP contribution in [0.1, 0.15) is 37.0 Å². The molecule has 0 aliphatic heterocycles. The molecule has 3 N–H and O–H groups in total. The number of nitrogens with one attached hydrogen (secondary N) is 1. The summed E-state index contributed by atoms with van der Waals surface area (Å²) < 4.78 is 0. The molecule has 0 spiro atoms. The van der Waals surface area contributed by atoms with Crippen molar-refractivity contribution >= 4 is 0 Å². The Kier molecular flexibility index (Phi) is 4.12. The first-order chi connectivity index (χ1) is 7.04. The van der Waals surface area contributed by atoms with Gasteiger partial charge in [-0.25, -0.2) is 0 Å². The minimum atomic E-state index is -0.570. The molecule has 1 unspecified atom stereocenters. The normalized spacial score (nSPS) is 13.1. The summed E-state index contributed by atoms with van der Waals surface area (Å²) in [6.45, 7) is 4.60. The van der Waals surface area contributed by atoms with E-state index in [2.05, 4.69) is 19.2 Å². The van der Waals surface area contributed by atoms with Gasteiger partial charge in [-0.2, -0.15) is 0 Å². The van der Waals surface area contributed by atoms with E-state index in [-0.39, 0.29) is 5.75 Å². The van der Waals surface area contributed by atoms with E-state index in [4.69, 9.17) is 0 Å². The Bertz CT molecular complexity index is 323.